The second kappa shape index (κ2) is 3.15. The van der Waals surface area contributed by atoms with Crippen LogP contribution in [0.2, 0.25) is 0 Å². The summed E-state index contributed by atoms with van der Waals surface area (Å²) in [6.07, 6.45) is 0.804. The first-order chi connectivity index (χ1) is 7.66. The van der Waals surface area contributed by atoms with Crippen molar-refractivity contribution in [3.05, 3.63) is 47.0 Å². The lowest BCUT2D eigenvalue weighted by molar-refractivity contribution is 0.466. The number of aryl methyl sites for hydroxylation is 1. The summed E-state index contributed by atoms with van der Waals surface area (Å²) in [6, 6.07) is 9.95. The molecule has 0 atom stereocenters. The molecule has 76 valence electrons. The van der Waals surface area contributed by atoms with Gasteiger partial charge in [0.05, 0.1) is 0 Å². The molecule has 0 spiro atoms. The number of hydrogen-bond acceptors (Lipinski definition) is 1. The Morgan fingerprint density at radius 1 is 1.12 bits per heavy atom. The molecular weight excluding hydrogens is 195 g/mol. The van der Waals surface area contributed by atoms with Gasteiger partial charge in [-0.3, -0.25) is 0 Å². The first kappa shape index (κ1) is 9.53. The lowest BCUT2D eigenvalue weighted by Gasteiger charge is -2.05. The maximum atomic E-state index is 10.0. The van der Waals surface area contributed by atoms with E-state index in [0.717, 1.165) is 34.1 Å². The highest BCUT2D eigenvalue weighted by molar-refractivity contribution is 6.32. The van der Waals surface area contributed by atoms with Gasteiger partial charge < -0.3 is 5.11 Å². The molecule has 16 heavy (non-hydrogen) atoms. The number of rotatable bonds is 0. The van der Waals surface area contributed by atoms with Crippen LogP contribution in [0.3, 0.4) is 0 Å². The first-order valence-electron chi connectivity index (χ1n) is 5.37. The molecule has 0 aliphatic heterocycles. The Morgan fingerprint density at radius 3 is 2.75 bits per heavy atom. The monoisotopic (exact) mass is 206 g/mol. The molecule has 2 aromatic carbocycles. The van der Waals surface area contributed by atoms with E-state index in [0.29, 0.717) is 5.75 Å². The quantitative estimate of drug-likeness (QED) is 0.558. The minimum Gasteiger partial charge on any atom is -0.507 e. The highest BCUT2D eigenvalue weighted by Gasteiger charge is 2.21. The molecule has 0 saturated heterocycles. The van der Waals surface area contributed by atoms with E-state index in [4.69, 9.17) is 7.85 Å². The van der Waals surface area contributed by atoms with Crippen LogP contribution in [0.1, 0.15) is 16.7 Å². The Hall–Kier alpha value is -1.70. The third-order valence-corrected chi connectivity index (χ3v) is 3.28. The van der Waals surface area contributed by atoms with Gasteiger partial charge in [-0.1, -0.05) is 35.8 Å². The molecule has 0 amide bonds. The Morgan fingerprint density at radius 2 is 1.94 bits per heavy atom. The van der Waals surface area contributed by atoms with Gasteiger partial charge in [0.2, 0.25) is 0 Å². The van der Waals surface area contributed by atoms with E-state index < -0.39 is 0 Å². The van der Waals surface area contributed by atoms with E-state index in [1.54, 1.807) is 0 Å². The Kier molecular flexibility index (Phi) is 1.87. The highest BCUT2D eigenvalue weighted by Crippen LogP contribution is 2.41. The van der Waals surface area contributed by atoms with E-state index in [9.17, 15) is 5.11 Å². The SMILES string of the molecule is [B]c1ccc2c(c1)-c1ccc(C)c(O)c1C2. The largest absolute Gasteiger partial charge is 0.507 e. The minimum absolute atomic E-state index is 0.423. The van der Waals surface area contributed by atoms with Crippen LogP contribution in [0.25, 0.3) is 11.1 Å². The molecule has 1 N–H and O–H groups in total. The zero-order valence-electron chi connectivity index (χ0n) is 9.12. The average Bonchev–Trinajstić information content (AvgIpc) is 2.62. The molecule has 1 aliphatic carbocycles. The third-order valence-electron chi connectivity index (χ3n) is 3.28. The van der Waals surface area contributed by atoms with Crippen molar-refractivity contribution in [3.63, 3.8) is 0 Å². The molecule has 0 unspecified atom stereocenters. The second-order valence-corrected chi connectivity index (χ2v) is 4.35. The van der Waals surface area contributed by atoms with E-state index in [1.807, 2.05) is 31.2 Å². The lowest BCUT2D eigenvalue weighted by Crippen LogP contribution is -2.01. The van der Waals surface area contributed by atoms with Crippen molar-refractivity contribution in [1.82, 2.24) is 0 Å². The van der Waals surface area contributed by atoms with Crippen molar-refractivity contribution in [3.8, 4) is 16.9 Å². The predicted molar refractivity (Wildman–Crippen MR) is 66.5 cm³/mol. The molecule has 3 rings (SSSR count). The summed E-state index contributed by atoms with van der Waals surface area (Å²) >= 11 is 0. The molecule has 2 radical (unpaired) electrons. The summed E-state index contributed by atoms with van der Waals surface area (Å²) in [7, 11) is 5.79. The van der Waals surface area contributed by atoms with Crippen LogP contribution in [-0.4, -0.2) is 13.0 Å². The van der Waals surface area contributed by atoms with Crippen molar-refractivity contribution in [2.24, 2.45) is 0 Å². The summed E-state index contributed by atoms with van der Waals surface area (Å²) in [4.78, 5) is 0. The zero-order chi connectivity index (χ0) is 11.3. The number of phenols is 1. The van der Waals surface area contributed by atoms with Gasteiger partial charge in [0.15, 0.2) is 0 Å². The van der Waals surface area contributed by atoms with Gasteiger partial charge in [-0.05, 0) is 29.2 Å². The van der Waals surface area contributed by atoms with Crippen molar-refractivity contribution in [2.75, 3.05) is 0 Å². The second-order valence-electron chi connectivity index (χ2n) is 4.35. The van der Waals surface area contributed by atoms with Crippen molar-refractivity contribution in [1.29, 1.82) is 0 Å². The van der Waals surface area contributed by atoms with E-state index in [-0.39, 0.29) is 0 Å². The molecule has 0 heterocycles. The van der Waals surface area contributed by atoms with E-state index in [2.05, 4.69) is 6.07 Å². The molecule has 1 aliphatic rings. The molecular formula is C14H11BO. The van der Waals surface area contributed by atoms with E-state index in [1.165, 1.54) is 5.56 Å². The van der Waals surface area contributed by atoms with Gasteiger partial charge in [0.1, 0.15) is 13.6 Å². The molecule has 0 fully saturated rings. The van der Waals surface area contributed by atoms with Crippen molar-refractivity contribution in [2.45, 2.75) is 13.3 Å². The van der Waals surface area contributed by atoms with Crippen LogP contribution in [0.15, 0.2) is 30.3 Å². The first-order valence-corrected chi connectivity index (χ1v) is 5.37. The molecule has 0 bridgehead atoms. The Balaban J connectivity index is 2.30. The number of fused-ring (bicyclic) bond motifs is 3. The van der Waals surface area contributed by atoms with Crippen molar-refractivity contribution >= 4 is 13.3 Å². The predicted octanol–water partition coefficient (Wildman–Crippen LogP) is 2.07. The number of hydrogen-bond donors (Lipinski definition) is 1. The summed E-state index contributed by atoms with van der Waals surface area (Å²) in [5, 5.41) is 10.0. The van der Waals surface area contributed by atoms with Crippen molar-refractivity contribution < 1.29 is 5.11 Å². The van der Waals surface area contributed by atoms with Crippen LogP contribution in [-0.2, 0) is 6.42 Å². The number of benzene rings is 2. The normalized spacial score (nSPS) is 12.3. The molecule has 0 aromatic heterocycles. The van der Waals surface area contributed by atoms with Gasteiger partial charge in [0.25, 0.3) is 0 Å². The van der Waals surface area contributed by atoms with Crippen LogP contribution in [0.4, 0.5) is 0 Å². The molecule has 2 aromatic rings. The smallest absolute Gasteiger partial charge is 0.122 e. The standard InChI is InChI=1S/C14H11BO/c1-8-2-5-11-12-7-10(15)4-3-9(12)6-13(11)14(8)16/h2-5,7,16H,6H2,1H3. The van der Waals surface area contributed by atoms with Gasteiger partial charge in [-0.15, -0.1) is 0 Å². The van der Waals surface area contributed by atoms with Gasteiger partial charge in [0, 0.05) is 12.0 Å². The highest BCUT2D eigenvalue weighted by atomic mass is 16.3. The Bertz CT molecular complexity index is 588. The maximum absolute atomic E-state index is 10.0. The molecule has 0 saturated carbocycles. The average molecular weight is 206 g/mol. The number of phenolic OH excluding ortho intramolecular Hbond substituents is 1. The fourth-order valence-electron chi connectivity index (χ4n) is 2.37. The van der Waals surface area contributed by atoms with Gasteiger partial charge in [-0.2, -0.15) is 0 Å². The van der Waals surface area contributed by atoms with Crippen LogP contribution >= 0.6 is 0 Å². The van der Waals surface area contributed by atoms with Crippen LogP contribution in [0, 0.1) is 6.92 Å². The topological polar surface area (TPSA) is 20.2 Å². The minimum atomic E-state index is 0.423. The fourth-order valence-corrected chi connectivity index (χ4v) is 2.37. The van der Waals surface area contributed by atoms with Crippen LogP contribution in [0.5, 0.6) is 5.75 Å². The van der Waals surface area contributed by atoms with E-state index >= 15 is 0 Å². The van der Waals surface area contributed by atoms with Gasteiger partial charge in [-0.25, -0.2) is 0 Å². The summed E-state index contributed by atoms with van der Waals surface area (Å²) in [6.45, 7) is 1.92. The summed E-state index contributed by atoms with van der Waals surface area (Å²) < 4.78 is 0. The fraction of sp³-hybridized carbons (Fsp3) is 0.143. The summed E-state index contributed by atoms with van der Waals surface area (Å²) in [5.74, 6) is 0.423. The van der Waals surface area contributed by atoms with Gasteiger partial charge >= 0.3 is 0 Å². The molecule has 2 heteroatoms. The Labute approximate surface area is 96.2 Å². The van der Waals surface area contributed by atoms with Crippen LogP contribution < -0.4 is 5.46 Å². The number of aromatic hydroxyl groups is 1. The summed E-state index contributed by atoms with van der Waals surface area (Å²) in [5.41, 5.74) is 6.24. The maximum Gasteiger partial charge on any atom is 0.122 e. The zero-order valence-corrected chi connectivity index (χ0v) is 9.12. The lowest BCUT2D eigenvalue weighted by atomic mass is 9.92. The third kappa shape index (κ3) is 1.19. The molecule has 1 nitrogen and oxygen atoms in total.